The van der Waals surface area contributed by atoms with Crippen molar-refractivity contribution in [1.82, 2.24) is 4.98 Å². The van der Waals surface area contributed by atoms with Gasteiger partial charge in [0, 0.05) is 5.69 Å². The lowest BCUT2D eigenvalue weighted by molar-refractivity contribution is 0.128. The topological polar surface area (TPSA) is 51.2 Å². The number of hydrogen-bond acceptors (Lipinski definition) is 4. The van der Waals surface area contributed by atoms with E-state index in [-0.39, 0.29) is 6.09 Å². The number of nitrogens with one attached hydrogen (secondary N) is 1. The van der Waals surface area contributed by atoms with E-state index in [1.165, 1.54) is 32.1 Å². The van der Waals surface area contributed by atoms with Crippen LogP contribution >= 0.6 is 11.3 Å². The van der Waals surface area contributed by atoms with E-state index in [0.717, 1.165) is 20.9 Å². The lowest BCUT2D eigenvalue weighted by atomic mass is 9.90. The number of carbonyl (C=O) groups is 1. The normalized spacial score (nSPS) is 16.0. The molecule has 0 atom stereocenters. The summed E-state index contributed by atoms with van der Waals surface area (Å²) in [5.41, 5.74) is 1.73. The summed E-state index contributed by atoms with van der Waals surface area (Å²) >= 11 is 1.63. The maximum absolute atomic E-state index is 11.9. The maximum Gasteiger partial charge on any atom is 0.411 e. The van der Waals surface area contributed by atoms with Crippen molar-refractivity contribution in [2.24, 2.45) is 5.92 Å². The minimum absolute atomic E-state index is 0.360. The molecule has 1 aromatic heterocycles. The fraction of sp³-hybridized carbons (Fsp3) is 0.500. The highest BCUT2D eigenvalue weighted by molar-refractivity contribution is 7.18. The molecule has 1 N–H and O–H groups in total. The molecule has 1 aliphatic carbocycles. The summed E-state index contributed by atoms with van der Waals surface area (Å²) < 4.78 is 6.42. The first-order valence-corrected chi connectivity index (χ1v) is 8.33. The minimum atomic E-state index is -0.360. The molecule has 5 heteroatoms. The molecular formula is C16H20N2O2S. The highest BCUT2D eigenvalue weighted by Gasteiger charge is 2.15. The molecule has 0 radical (unpaired) electrons. The molecule has 1 heterocycles. The second kappa shape index (κ2) is 6.43. The number of aromatic nitrogens is 1. The van der Waals surface area contributed by atoms with Gasteiger partial charge in [-0.1, -0.05) is 19.3 Å². The Morgan fingerprint density at radius 2 is 2.19 bits per heavy atom. The van der Waals surface area contributed by atoms with Crippen molar-refractivity contribution in [1.29, 1.82) is 0 Å². The molecule has 1 saturated carbocycles. The summed E-state index contributed by atoms with van der Waals surface area (Å²) in [7, 11) is 0. The van der Waals surface area contributed by atoms with Gasteiger partial charge in [0.25, 0.3) is 0 Å². The molecule has 4 nitrogen and oxygen atoms in total. The van der Waals surface area contributed by atoms with Gasteiger partial charge in [-0.3, -0.25) is 5.32 Å². The van der Waals surface area contributed by atoms with E-state index in [4.69, 9.17) is 4.74 Å². The van der Waals surface area contributed by atoms with Crippen LogP contribution in [0.4, 0.5) is 10.5 Å². The number of amides is 1. The highest BCUT2D eigenvalue weighted by Crippen LogP contribution is 2.25. The Balaban J connectivity index is 1.55. The van der Waals surface area contributed by atoms with Crippen LogP contribution in [0.1, 0.15) is 37.1 Å². The molecule has 0 aliphatic heterocycles. The van der Waals surface area contributed by atoms with E-state index in [0.29, 0.717) is 12.5 Å². The van der Waals surface area contributed by atoms with Crippen molar-refractivity contribution < 1.29 is 9.53 Å². The number of benzene rings is 1. The van der Waals surface area contributed by atoms with Gasteiger partial charge >= 0.3 is 6.09 Å². The molecule has 0 unspecified atom stereocenters. The van der Waals surface area contributed by atoms with Crippen LogP contribution in [-0.4, -0.2) is 17.7 Å². The van der Waals surface area contributed by atoms with Crippen molar-refractivity contribution >= 4 is 33.3 Å². The third-order valence-electron chi connectivity index (χ3n) is 3.92. The molecule has 0 spiro atoms. The van der Waals surface area contributed by atoms with Gasteiger partial charge in [-0.25, -0.2) is 9.78 Å². The Hall–Kier alpha value is -1.62. The number of fused-ring (bicyclic) bond motifs is 1. The Morgan fingerprint density at radius 3 is 3.00 bits per heavy atom. The first-order valence-electron chi connectivity index (χ1n) is 7.52. The third-order valence-corrected chi connectivity index (χ3v) is 4.85. The summed E-state index contributed by atoms with van der Waals surface area (Å²) in [5, 5.41) is 3.83. The van der Waals surface area contributed by atoms with Crippen molar-refractivity contribution in [3.8, 4) is 0 Å². The quantitative estimate of drug-likeness (QED) is 0.891. The largest absolute Gasteiger partial charge is 0.449 e. The molecular weight excluding hydrogens is 284 g/mol. The van der Waals surface area contributed by atoms with Crippen LogP contribution in [0.25, 0.3) is 10.2 Å². The lowest BCUT2D eigenvalue weighted by Gasteiger charge is -2.21. The van der Waals surface area contributed by atoms with E-state index >= 15 is 0 Å². The average Bonchev–Trinajstić information content (AvgIpc) is 2.85. The lowest BCUT2D eigenvalue weighted by Crippen LogP contribution is -2.20. The smallest absolute Gasteiger partial charge is 0.411 e. The van der Waals surface area contributed by atoms with Gasteiger partial charge in [0.2, 0.25) is 0 Å². The van der Waals surface area contributed by atoms with Crippen LogP contribution < -0.4 is 5.32 Å². The van der Waals surface area contributed by atoms with E-state index in [1.807, 2.05) is 25.1 Å². The van der Waals surface area contributed by atoms with E-state index < -0.39 is 0 Å². The zero-order valence-corrected chi connectivity index (χ0v) is 13.0. The molecule has 0 bridgehead atoms. The molecule has 1 amide bonds. The van der Waals surface area contributed by atoms with Gasteiger partial charge in [-0.2, -0.15) is 0 Å². The number of ether oxygens (including phenoxy) is 1. The number of aryl methyl sites for hydroxylation is 1. The number of hydrogen-bond donors (Lipinski definition) is 1. The molecule has 1 fully saturated rings. The zero-order chi connectivity index (χ0) is 14.7. The van der Waals surface area contributed by atoms with Gasteiger partial charge in [0.05, 0.1) is 21.8 Å². The van der Waals surface area contributed by atoms with Crippen molar-refractivity contribution in [3.63, 3.8) is 0 Å². The Kier molecular flexibility index (Phi) is 4.39. The molecule has 3 rings (SSSR count). The third kappa shape index (κ3) is 3.73. The number of carbonyl (C=O) groups excluding carboxylic acids is 1. The Morgan fingerprint density at radius 1 is 1.38 bits per heavy atom. The van der Waals surface area contributed by atoms with Gasteiger partial charge < -0.3 is 4.74 Å². The summed E-state index contributed by atoms with van der Waals surface area (Å²) in [6.07, 6.45) is 5.84. The number of nitrogens with zero attached hydrogens (tertiary/aromatic N) is 1. The fourth-order valence-electron chi connectivity index (χ4n) is 2.82. The summed E-state index contributed by atoms with van der Waals surface area (Å²) in [6.45, 7) is 2.52. The van der Waals surface area contributed by atoms with Crippen LogP contribution in [0.2, 0.25) is 0 Å². The predicted molar refractivity (Wildman–Crippen MR) is 85.9 cm³/mol. The summed E-state index contributed by atoms with van der Waals surface area (Å²) in [4.78, 5) is 16.3. The SMILES string of the molecule is Cc1nc2ccc(NC(=O)OCC3CCCCC3)cc2s1. The maximum atomic E-state index is 11.9. The van der Waals surface area contributed by atoms with Gasteiger partial charge in [-0.15, -0.1) is 11.3 Å². The van der Waals surface area contributed by atoms with Crippen LogP contribution in [0.15, 0.2) is 18.2 Å². The average molecular weight is 304 g/mol. The highest BCUT2D eigenvalue weighted by atomic mass is 32.1. The second-order valence-corrected chi connectivity index (χ2v) is 6.88. The molecule has 21 heavy (non-hydrogen) atoms. The molecule has 112 valence electrons. The van der Waals surface area contributed by atoms with E-state index in [2.05, 4.69) is 10.3 Å². The van der Waals surface area contributed by atoms with Crippen molar-refractivity contribution in [3.05, 3.63) is 23.2 Å². The van der Waals surface area contributed by atoms with Crippen molar-refractivity contribution in [2.75, 3.05) is 11.9 Å². The number of anilines is 1. The second-order valence-electron chi connectivity index (χ2n) is 5.64. The standard InChI is InChI=1S/C16H20N2O2S/c1-11-17-14-8-7-13(9-15(14)21-11)18-16(19)20-10-12-5-3-2-4-6-12/h7-9,12H,2-6,10H2,1H3,(H,18,19). The first kappa shape index (κ1) is 14.3. The van der Waals surface area contributed by atoms with E-state index in [9.17, 15) is 4.79 Å². The minimum Gasteiger partial charge on any atom is -0.449 e. The van der Waals surface area contributed by atoms with Gasteiger partial charge in [-0.05, 0) is 43.9 Å². The predicted octanol–water partition coefficient (Wildman–Crippen LogP) is 4.73. The number of rotatable bonds is 3. The fourth-order valence-corrected chi connectivity index (χ4v) is 3.69. The van der Waals surface area contributed by atoms with Crippen molar-refractivity contribution in [2.45, 2.75) is 39.0 Å². The first-order chi connectivity index (χ1) is 10.2. The van der Waals surface area contributed by atoms with Gasteiger partial charge in [0.1, 0.15) is 0 Å². The van der Waals surface area contributed by atoms with Crippen LogP contribution in [-0.2, 0) is 4.74 Å². The molecule has 1 aliphatic rings. The molecule has 0 saturated heterocycles. The monoisotopic (exact) mass is 304 g/mol. The molecule has 2 aromatic rings. The van der Waals surface area contributed by atoms with Crippen LogP contribution in [0, 0.1) is 12.8 Å². The number of thiazole rings is 1. The van der Waals surface area contributed by atoms with Gasteiger partial charge in [0.15, 0.2) is 0 Å². The summed E-state index contributed by atoms with van der Waals surface area (Å²) in [5.74, 6) is 0.538. The van der Waals surface area contributed by atoms with Crippen LogP contribution in [0.3, 0.4) is 0 Å². The zero-order valence-electron chi connectivity index (χ0n) is 12.2. The molecule has 1 aromatic carbocycles. The summed E-state index contributed by atoms with van der Waals surface area (Å²) in [6, 6.07) is 5.74. The van der Waals surface area contributed by atoms with E-state index in [1.54, 1.807) is 11.3 Å². The Labute approximate surface area is 128 Å². The Bertz CT molecular complexity index is 632. The van der Waals surface area contributed by atoms with Crippen LogP contribution in [0.5, 0.6) is 0 Å².